The van der Waals surface area contributed by atoms with Crippen LogP contribution in [0.25, 0.3) is 0 Å². The molecule has 0 atom stereocenters. The maximum absolute atomic E-state index is 11.9. The summed E-state index contributed by atoms with van der Waals surface area (Å²) in [4.78, 5) is 32.0. The van der Waals surface area contributed by atoms with Crippen LogP contribution < -0.4 is 27.4 Å². The Kier molecular flexibility index (Phi) is 4.15. The molecule has 1 fully saturated rings. The molecule has 0 aromatic carbocycles. The fourth-order valence-corrected chi connectivity index (χ4v) is 1.70. The van der Waals surface area contributed by atoms with Crippen LogP contribution in [0.3, 0.4) is 0 Å². The van der Waals surface area contributed by atoms with Crippen molar-refractivity contribution in [2.24, 2.45) is 16.7 Å². The van der Waals surface area contributed by atoms with Crippen LogP contribution in [-0.4, -0.2) is 48.1 Å². The second kappa shape index (κ2) is 6.02. The zero-order chi connectivity index (χ0) is 14.5. The topological polar surface area (TPSA) is 152 Å². The number of hydrogen-bond donors (Lipinski definition) is 4. The molecule has 0 bridgehead atoms. The molecular weight excluding hydrogens is 266 g/mol. The lowest BCUT2D eigenvalue weighted by Gasteiger charge is -2.26. The van der Waals surface area contributed by atoms with Crippen LogP contribution in [0.15, 0.2) is 16.1 Å². The zero-order valence-electron chi connectivity index (χ0n) is 10.6. The molecular formula is C10H15N7O3. The second-order valence-electron chi connectivity index (χ2n) is 4.02. The van der Waals surface area contributed by atoms with Gasteiger partial charge < -0.3 is 21.2 Å². The molecule has 6 N–H and O–H groups in total. The third-order valence-electron chi connectivity index (χ3n) is 2.72. The molecule has 1 aromatic heterocycles. The molecule has 1 aliphatic heterocycles. The molecule has 1 aromatic rings. The summed E-state index contributed by atoms with van der Waals surface area (Å²) in [5.41, 5.74) is 4.51. The summed E-state index contributed by atoms with van der Waals surface area (Å²) < 4.78 is 5.21. The monoisotopic (exact) mass is 281 g/mol. The van der Waals surface area contributed by atoms with Crippen LogP contribution in [0.5, 0.6) is 0 Å². The molecule has 2 rings (SSSR count). The maximum Gasteiger partial charge on any atom is 0.265 e. The number of carbonyl (C=O) groups excluding carboxylic acids is 1. The summed E-state index contributed by atoms with van der Waals surface area (Å²) in [6, 6.07) is 0. The fourth-order valence-electron chi connectivity index (χ4n) is 1.70. The third kappa shape index (κ3) is 3.03. The van der Waals surface area contributed by atoms with Crippen LogP contribution in [0.2, 0.25) is 0 Å². The number of hydrazone groups is 1. The molecule has 2 heterocycles. The highest BCUT2D eigenvalue weighted by Crippen LogP contribution is 2.07. The van der Waals surface area contributed by atoms with E-state index in [0.29, 0.717) is 32.3 Å². The van der Waals surface area contributed by atoms with E-state index in [9.17, 15) is 9.59 Å². The Morgan fingerprint density at radius 2 is 2.20 bits per heavy atom. The molecule has 1 amide bonds. The van der Waals surface area contributed by atoms with Crippen molar-refractivity contribution in [3.05, 3.63) is 22.1 Å². The number of H-pyrrole nitrogens is 1. The number of nitrogens with two attached hydrogens (primary N) is 2. The largest absolute Gasteiger partial charge is 0.378 e. The SMILES string of the molecule is N/N=C(\N)NC(=O)c1cnc(N2CCOCC2)[nH]c1=O. The highest BCUT2D eigenvalue weighted by atomic mass is 16.5. The molecule has 0 saturated carbocycles. The van der Waals surface area contributed by atoms with Gasteiger partial charge in [-0.1, -0.05) is 0 Å². The lowest BCUT2D eigenvalue weighted by Crippen LogP contribution is -2.41. The van der Waals surface area contributed by atoms with Crippen molar-refractivity contribution in [3.63, 3.8) is 0 Å². The van der Waals surface area contributed by atoms with E-state index in [1.54, 1.807) is 0 Å². The number of morpholine rings is 1. The third-order valence-corrected chi connectivity index (χ3v) is 2.72. The number of ether oxygens (including phenoxy) is 1. The van der Waals surface area contributed by atoms with Gasteiger partial charge in [0.25, 0.3) is 11.5 Å². The number of aromatic amines is 1. The van der Waals surface area contributed by atoms with Crippen molar-refractivity contribution in [1.29, 1.82) is 0 Å². The molecule has 0 unspecified atom stereocenters. The second-order valence-corrected chi connectivity index (χ2v) is 4.02. The molecule has 0 aliphatic carbocycles. The average molecular weight is 281 g/mol. The Bertz CT molecular complexity index is 576. The molecule has 0 spiro atoms. The Balaban J connectivity index is 2.17. The highest BCUT2D eigenvalue weighted by Gasteiger charge is 2.17. The first-order valence-corrected chi connectivity index (χ1v) is 5.88. The minimum Gasteiger partial charge on any atom is -0.378 e. The van der Waals surface area contributed by atoms with Crippen molar-refractivity contribution >= 4 is 17.8 Å². The predicted molar refractivity (Wildman–Crippen MR) is 71.2 cm³/mol. The molecule has 108 valence electrons. The van der Waals surface area contributed by atoms with Gasteiger partial charge in [0.1, 0.15) is 5.56 Å². The van der Waals surface area contributed by atoms with E-state index in [-0.39, 0.29) is 11.5 Å². The van der Waals surface area contributed by atoms with E-state index < -0.39 is 11.5 Å². The summed E-state index contributed by atoms with van der Waals surface area (Å²) in [6.45, 7) is 2.38. The van der Waals surface area contributed by atoms with E-state index in [4.69, 9.17) is 16.3 Å². The lowest BCUT2D eigenvalue weighted by atomic mass is 10.3. The van der Waals surface area contributed by atoms with Crippen molar-refractivity contribution in [2.45, 2.75) is 0 Å². The lowest BCUT2D eigenvalue weighted by molar-refractivity contribution is 0.0974. The van der Waals surface area contributed by atoms with Gasteiger partial charge in [-0.3, -0.25) is 19.9 Å². The first-order chi connectivity index (χ1) is 9.61. The van der Waals surface area contributed by atoms with Gasteiger partial charge in [0.05, 0.1) is 13.2 Å². The molecule has 0 radical (unpaired) electrons. The Morgan fingerprint density at radius 1 is 1.50 bits per heavy atom. The Labute approximate surface area is 113 Å². The summed E-state index contributed by atoms with van der Waals surface area (Å²) >= 11 is 0. The van der Waals surface area contributed by atoms with Crippen molar-refractivity contribution < 1.29 is 9.53 Å². The first-order valence-electron chi connectivity index (χ1n) is 5.88. The number of nitrogens with one attached hydrogen (secondary N) is 2. The summed E-state index contributed by atoms with van der Waals surface area (Å²) in [5, 5.41) is 5.24. The average Bonchev–Trinajstić information content (AvgIpc) is 2.47. The number of rotatable bonds is 2. The number of nitrogens with zero attached hydrogens (tertiary/aromatic N) is 3. The highest BCUT2D eigenvalue weighted by molar-refractivity contribution is 6.04. The maximum atomic E-state index is 11.9. The molecule has 1 aliphatic rings. The number of amides is 1. The zero-order valence-corrected chi connectivity index (χ0v) is 10.6. The molecule has 10 heteroatoms. The van der Waals surface area contributed by atoms with Crippen LogP contribution in [0, 0.1) is 0 Å². The molecule has 10 nitrogen and oxygen atoms in total. The van der Waals surface area contributed by atoms with Gasteiger partial charge in [0.2, 0.25) is 11.9 Å². The normalized spacial score (nSPS) is 16.0. The van der Waals surface area contributed by atoms with Gasteiger partial charge in [-0.25, -0.2) is 4.98 Å². The standard InChI is InChI=1S/C10H15N7O3/c11-9(16-12)14-7(18)6-5-13-10(15-8(6)19)17-1-3-20-4-2-17/h5H,1-4,12H2,(H,13,15,19)(H3,11,14,16,18). The van der Waals surface area contributed by atoms with Crippen molar-refractivity contribution in [1.82, 2.24) is 15.3 Å². The first kappa shape index (κ1) is 13.8. The summed E-state index contributed by atoms with van der Waals surface area (Å²) in [7, 11) is 0. The van der Waals surface area contributed by atoms with E-state index in [1.807, 2.05) is 4.90 Å². The quantitative estimate of drug-likeness (QED) is 0.203. The minimum atomic E-state index is -0.723. The number of guanidine groups is 1. The van der Waals surface area contributed by atoms with Crippen LogP contribution in [-0.2, 0) is 4.74 Å². The number of hydrogen-bond acceptors (Lipinski definition) is 7. The number of carbonyl (C=O) groups is 1. The van der Waals surface area contributed by atoms with E-state index >= 15 is 0 Å². The smallest absolute Gasteiger partial charge is 0.265 e. The Hall–Kier alpha value is -2.62. The van der Waals surface area contributed by atoms with Gasteiger partial charge in [-0.15, -0.1) is 5.10 Å². The van der Waals surface area contributed by atoms with Crippen LogP contribution >= 0.6 is 0 Å². The van der Waals surface area contributed by atoms with E-state index in [2.05, 4.69) is 20.4 Å². The molecule has 1 saturated heterocycles. The van der Waals surface area contributed by atoms with Gasteiger partial charge in [0.15, 0.2) is 0 Å². The minimum absolute atomic E-state index is 0.173. The van der Waals surface area contributed by atoms with Gasteiger partial charge in [-0.05, 0) is 0 Å². The van der Waals surface area contributed by atoms with Crippen LogP contribution in [0.1, 0.15) is 10.4 Å². The van der Waals surface area contributed by atoms with Gasteiger partial charge in [0, 0.05) is 19.3 Å². The van der Waals surface area contributed by atoms with E-state index in [0.717, 1.165) is 0 Å². The summed E-state index contributed by atoms with van der Waals surface area (Å²) in [6.07, 6.45) is 1.18. The van der Waals surface area contributed by atoms with Crippen molar-refractivity contribution in [3.8, 4) is 0 Å². The van der Waals surface area contributed by atoms with Gasteiger partial charge in [-0.2, -0.15) is 0 Å². The van der Waals surface area contributed by atoms with Crippen LogP contribution in [0.4, 0.5) is 5.95 Å². The van der Waals surface area contributed by atoms with Crippen molar-refractivity contribution in [2.75, 3.05) is 31.2 Å². The van der Waals surface area contributed by atoms with Gasteiger partial charge >= 0.3 is 0 Å². The number of aromatic nitrogens is 2. The molecule has 20 heavy (non-hydrogen) atoms. The number of anilines is 1. The Morgan fingerprint density at radius 3 is 2.80 bits per heavy atom. The fraction of sp³-hybridized carbons (Fsp3) is 0.400. The summed E-state index contributed by atoms with van der Waals surface area (Å²) in [5.74, 6) is 4.28. The predicted octanol–water partition coefficient (Wildman–Crippen LogP) is -2.48. The van der Waals surface area contributed by atoms with E-state index in [1.165, 1.54) is 6.20 Å².